The van der Waals surface area contributed by atoms with Gasteiger partial charge in [0.2, 0.25) is 5.91 Å². The standard InChI is InChI=1S/C15H24N2O3/c18-13(10-15(14(19)20)6-1-2-7-15)16-11-5-9-17-8-3-4-12(11)17/h11-12H,1-10H2,(H,16,18)(H,19,20). The van der Waals surface area contributed by atoms with Gasteiger partial charge in [0.05, 0.1) is 5.41 Å². The van der Waals surface area contributed by atoms with Gasteiger partial charge in [0.15, 0.2) is 0 Å². The third-order valence-electron chi connectivity index (χ3n) is 5.47. The summed E-state index contributed by atoms with van der Waals surface area (Å²) < 4.78 is 0. The monoisotopic (exact) mass is 280 g/mol. The van der Waals surface area contributed by atoms with Gasteiger partial charge in [-0.25, -0.2) is 0 Å². The number of hydrogen-bond donors (Lipinski definition) is 2. The van der Waals surface area contributed by atoms with Crippen LogP contribution in [-0.4, -0.2) is 47.1 Å². The maximum atomic E-state index is 12.3. The smallest absolute Gasteiger partial charge is 0.310 e. The highest BCUT2D eigenvalue weighted by Crippen LogP contribution is 2.41. The number of aliphatic carboxylic acids is 1. The summed E-state index contributed by atoms with van der Waals surface area (Å²) in [7, 11) is 0. The van der Waals surface area contributed by atoms with Crippen LogP contribution < -0.4 is 5.32 Å². The van der Waals surface area contributed by atoms with Crippen LogP contribution >= 0.6 is 0 Å². The Hall–Kier alpha value is -1.10. The van der Waals surface area contributed by atoms with Crippen LogP contribution in [0.5, 0.6) is 0 Å². The number of carbonyl (C=O) groups excluding carboxylic acids is 1. The zero-order chi connectivity index (χ0) is 14.2. The van der Waals surface area contributed by atoms with E-state index in [9.17, 15) is 14.7 Å². The van der Waals surface area contributed by atoms with E-state index in [2.05, 4.69) is 10.2 Å². The Bertz CT molecular complexity index is 404. The lowest BCUT2D eigenvalue weighted by atomic mass is 9.82. The van der Waals surface area contributed by atoms with Crippen molar-refractivity contribution in [3.8, 4) is 0 Å². The second-order valence-electron chi connectivity index (χ2n) is 6.68. The van der Waals surface area contributed by atoms with E-state index in [1.165, 1.54) is 6.42 Å². The minimum Gasteiger partial charge on any atom is -0.481 e. The van der Waals surface area contributed by atoms with Crippen molar-refractivity contribution in [3.63, 3.8) is 0 Å². The highest BCUT2D eigenvalue weighted by atomic mass is 16.4. The molecule has 1 aliphatic carbocycles. The molecule has 3 aliphatic rings. The molecule has 2 unspecified atom stereocenters. The molecule has 2 saturated heterocycles. The third kappa shape index (κ3) is 2.43. The molecule has 2 N–H and O–H groups in total. The first-order valence-corrected chi connectivity index (χ1v) is 7.88. The van der Waals surface area contributed by atoms with Crippen LogP contribution in [-0.2, 0) is 9.59 Å². The first-order chi connectivity index (χ1) is 9.61. The van der Waals surface area contributed by atoms with Crippen molar-refractivity contribution in [1.29, 1.82) is 0 Å². The summed E-state index contributed by atoms with van der Waals surface area (Å²) in [5.41, 5.74) is -0.794. The van der Waals surface area contributed by atoms with Gasteiger partial charge in [-0.2, -0.15) is 0 Å². The van der Waals surface area contributed by atoms with E-state index in [-0.39, 0.29) is 18.4 Å². The van der Waals surface area contributed by atoms with Crippen LogP contribution in [0.25, 0.3) is 0 Å². The van der Waals surface area contributed by atoms with Gasteiger partial charge >= 0.3 is 5.97 Å². The highest BCUT2D eigenvalue weighted by molar-refractivity contribution is 5.85. The molecule has 0 aromatic carbocycles. The van der Waals surface area contributed by atoms with E-state index in [4.69, 9.17) is 0 Å². The van der Waals surface area contributed by atoms with Gasteiger partial charge in [-0.15, -0.1) is 0 Å². The van der Waals surface area contributed by atoms with Gasteiger partial charge in [-0.1, -0.05) is 12.8 Å². The third-order valence-corrected chi connectivity index (χ3v) is 5.47. The predicted octanol–water partition coefficient (Wildman–Crippen LogP) is 1.37. The maximum Gasteiger partial charge on any atom is 0.310 e. The zero-order valence-electron chi connectivity index (χ0n) is 11.9. The molecule has 0 aromatic rings. The molecule has 3 fully saturated rings. The SMILES string of the molecule is O=C(CC1(C(=O)O)CCCC1)NC1CCN2CCCC12. The Morgan fingerprint density at radius 1 is 1.15 bits per heavy atom. The molecule has 0 radical (unpaired) electrons. The van der Waals surface area contributed by atoms with E-state index in [1.807, 2.05) is 0 Å². The van der Waals surface area contributed by atoms with Crippen molar-refractivity contribution >= 4 is 11.9 Å². The number of nitrogens with zero attached hydrogens (tertiary/aromatic N) is 1. The summed E-state index contributed by atoms with van der Waals surface area (Å²) in [4.78, 5) is 26.2. The summed E-state index contributed by atoms with van der Waals surface area (Å²) in [5, 5.41) is 12.5. The van der Waals surface area contributed by atoms with Crippen molar-refractivity contribution in [2.75, 3.05) is 13.1 Å². The number of amides is 1. The molecule has 0 aromatic heterocycles. The van der Waals surface area contributed by atoms with E-state index in [1.54, 1.807) is 0 Å². The molecule has 1 amide bonds. The lowest BCUT2D eigenvalue weighted by Gasteiger charge is -2.26. The molecule has 5 nitrogen and oxygen atoms in total. The number of fused-ring (bicyclic) bond motifs is 1. The molecule has 5 heteroatoms. The van der Waals surface area contributed by atoms with Gasteiger partial charge in [-0.3, -0.25) is 14.5 Å². The molecule has 2 atom stereocenters. The Labute approximate surface area is 119 Å². The van der Waals surface area contributed by atoms with E-state index in [0.717, 1.165) is 38.8 Å². The minimum absolute atomic E-state index is 0.0620. The minimum atomic E-state index is -0.794. The molecular weight excluding hydrogens is 256 g/mol. The number of hydrogen-bond acceptors (Lipinski definition) is 3. The number of carbonyl (C=O) groups is 2. The molecule has 0 spiro atoms. The first kappa shape index (κ1) is 13.9. The fourth-order valence-electron chi connectivity index (χ4n) is 4.33. The zero-order valence-corrected chi connectivity index (χ0v) is 11.9. The second kappa shape index (κ2) is 5.35. The van der Waals surface area contributed by atoms with Crippen molar-refractivity contribution in [1.82, 2.24) is 10.2 Å². The average molecular weight is 280 g/mol. The molecule has 2 heterocycles. The van der Waals surface area contributed by atoms with Crippen LogP contribution in [0.2, 0.25) is 0 Å². The Balaban J connectivity index is 1.58. The van der Waals surface area contributed by atoms with E-state index >= 15 is 0 Å². The number of carboxylic acids is 1. The second-order valence-corrected chi connectivity index (χ2v) is 6.68. The summed E-state index contributed by atoms with van der Waals surface area (Å²) in [6.45, 7) is 2.22. The van der Waals surface area contributed by atoms with Gasteiger partial charge in [0.1, 0.15) is 0 Å². The lowest BCUT2D eigenvalue weighted by molar-refractivity contribution is -0.151. The van der Waals surface area contributed by atoms with Crippen LogP contribution in [0.15, 0.2) is 0 Å². The largest absolute Gasteiger partial charge is 0.481 e. The molecule has 112 valence electrons. The Morgan fingerprint density at radius 2 is 1.90 bits per heavy atom. The number of rotatable bonds is 4. The van der Waals surface area contributed by atoms with E-state index in [0.29, 0.717) is 18.9 Å². The van der Waals surface area contributed by atoms with E-state index < -0.39 is 11.4 Å². The molecule has 0 bridgehead atoms. The van der Waals surface area contributed by atoms with Crippen LogP contribution in [0.1, 0.15) is 51.4 Å². The van der Waals surface area contributed by atoms with Crippen molar-refractivity contribution in [3.05, 3.63) is 0 Å². The Morgan fingerprint density at radius 3 is 2.60 bits per heavy atom. The summed E-state index contributed by atoms with van der Waals surface area (Å²) >= 11 is 0. The molecule has 2 aliphatic heterocycles. The summed E-state index contributed by atoms with van der Waals surface area (Å²) in [5.74, 6) is -0.855. The Kier molecular flexibility index (Phi) is 3.71. The number of nitrogens with one attached hydrogen (secondary N) is 1. The van der Waals surface area contributed by atoms with Crippen LogP contribution in [0, 0.1) is 5.41 Å². The normalized spacial score (nSPS) is 32.2. The first-order valence-electron chi connectivity index (χ1n) is 7.88. The highest BCUT2D eigenvalue weighted by Gasteiger charge is 2.44. The van der Waals surface area contributed by atoms with Gasteiger partial charge in [0, 0.05) is 25.0 Å². The summed E-state index contributed by atoms with van der Waals surface area (Å²) in [6.07, 6.45) is 6.71. The van der Waals surface area contributed by atoms with Crippen molar-refractivity contribution in [2.45, 2.75) is 63.5 Å². The van der Waals surface area contributed by atoms with Crippen molar-refractivity contribution < 1.29 is 14.7 Å². The average Bonchev–Trinajstić information content (AvgIpc) is 3.07. The van der Waals surface area contributed by atoms with Crippen molar-refractivity contribution in [2.24, 2.45) is 5.41 Å². The molecule has 3 rings (SSSR count). The predicted molar refractivity (Wildman–Crippen MR) is 74.3 cm³/mol. The topological polar surface area (TPSA) is 69.6 Å². The quantitative estimate of drug-likeness (QED) is 0.816. The van der Waals surface area contributed by atoms with Gasteiger partial charge in [0.25, 0.3) is 0 Å². The van der Waals surface area contributed by atoms with Gasteiger partial charge < -0.3 is 10.4 Å². The fourth-order valence-corrected chi connectivity index (χ4v) is 4.33. The van der Waals surface area contributed by atoms with Crippen LogP contribution in [0.4, 0.5) is 0 Å². The molecular formula is C15H24N2O3. The lowest BCUT2D eigenvalue weighted by Crippen LogP contribution is -2.44. The van der Waals surface area contributed by atoms with Gasteiger partial charge in [-0.05, 0) is 38.6 Å². The van der Waals surface area contributed by atoms with Crippen LogP contribution in [0.3, 0.4) is 0 Å². The fraction of sp³-hybridized carbons (Fsp3) is 0.867. The maximum absolute atomic E-state index is 12.3. The number of carboxylic acid groups (broad SMARTS) is 1. The molecule has 1 saturated carbocycles. The molecule has 20 heavy (non-hydrogen) atoms. The summed E-state index contributed by atoms with van der Waals surface area (Å²) in [6, 6.07) is 0.723.